The molecule has 0 aliphatic carbocycles. The molecule has 10 heavy (non-hydrogen) atoms. The van der Waals surface area contributed by atoms with Crippen molar-refractivity contribution in [1.29, 1.82) is 0 Å². The molecule has 0 aromatic rings. The molecule has 54 valence electrons. The molecule has 0 aromatic carbocycles. The second-order valence-corrected chi connectivity index (χ2v) is 3.89. The van der Waals surface area contributed by atoms with E-state index < -0.39 is 0 Å². The van der Waals surface area contributed by atoms with Gasteiger partial charge in [-0.3, -0.25) is 0 Å². The highest BCUT2D eigenvalue weighted by Crippen LogP contribution is 2.31. The van der Waals surface area contributed by atoms with E-state index in [1.807, 2.05) is 11.8 Å². The Morgan fingerprint density at radius 3 is 2.10 bits per heavy atom. The average molecular weight is 152 g/mol. The molecule has 0 atom stereocenters. The first-order valence-corrected chi connectivity index (χ1v) is 4.25. The second-order valence-electron chi connectivity index (χ2n) is 2.40. The Morgan fingerprint density at radius 1 is 1.20 bits per heavy atom. The molecule has 1 rings (SSSR count). The van der Waals surface area contributed by atoms with E-state index in [9.17, 15) is 0 Å². The molecule has 0 amide bonds. The van der Waals surface area contributed by atoms with Gasteiger partial charge in [-0.1, -0.05) is 17.8 Å². The Morgan fingerprint density at radius 2 is 1.70 bits per heavy atom. The van der Waals surface area contributed by atoms with E-state index in [1.54, 1.807) is 0 Å². The third-order valence-electron chi connectivity index (χ3n) is 1.40. The monoisotopic (exact) mass is 152 g/mol. The van der Waals surface area contributed by atoms with E-state index >= 15 is 0 Å². The van der Waals surface area contributed by atoms with Crippen LogP contribution in [0.1, 0.15) is 20.8 Å². The van der Waals surface area contributed by atoms with Crippen molar-refractivity contribution in [3.8, 4) is 0 Å². The van der Waals surface area contributed by atoms with Gasteiger partial charge in [-0.25, -0.2) is 0 Å². The zero-order chi connectivity index (χ0) is 7.56. The maximum Gasteiger partial charge on any atom is -0.0131 e. The fraction of sp³-hybridized carbons (Fsp3) is 0.333. The number of rotatable bonds is 0. The molecule has 1 aliphatic heterocycles. The van der Waals surface area contributed by atoms with E-state index in [-0.39, 0.29) is 0 Å². The summed E-state index contributed by atoms with van der Waals surface area (Å²) in [6, 6.07) is 0. The van der Waals surface area contributed by atoms with Crippen molar-refractivity contribution in [3.05, 3.63) is 33.6 Å². The Hall–Kier alpha value is -0.430. The second kappa shape index (κ2) is 3.11. The molecule has 0 radical (unpaired) electrons. The summed E-state index contributed by atoms with van der Waals surface area (Å²) in [5, 5.41) is 0. The summed E-state index contributed by atoms with van der Waals surface area (Å²) in [6.45, 7) is 6.36. The van der Waals surface area contributed by atoms with Crippen LogP contribution in [0.3, 0.4) is 0 Å². The van der Waals surface area contributed by atoms with Gasteiger partial charge in [0.05, 0.1) is 0 Å². The molecule has 0 saturated carbocycles. The number of hydrogen-bond acceptors (Lipinski definition) is 1. The van der Waals surface area contributed by atoms with Crippen LogP contribution < -0.4 is 0 Å². The summed E-state index contributed by atoms with van der Waals surface area (Å²) in [5.41, 5.74) is 1.33. The predicted molar refractivity (Wildman–Crippen MR) is 48.9 cm³/mol. The maximum atomic E-state index is 2.21. The summed E-state index contributed by atoms with van der Waals surface area (Å²) >= 11 is 1.84. The molecule has 0 aromatic heterocycles. The summed E-state index contributed by atoms with van der Waals surface area (Å²) in [6.07, 6.45) is 6.54. The smallest absolute Gasteiger partial charge is 0.0131 e. The highest BCUT2D eigenvalue weighted by Gasteiger charge is 2.01. The van der Waals surface area contributed by atoms with Crippen LogP contribution in [0.15, 0.2) is 33.6 Å². The molecule has 0 bridgehead atoms. The molecule has 0 fully saturated rings. The predicted octanol–water partition coefficient (Wildman–Crippen LogP) is 3.49. The molecule has 0 nitrogen and oxygen atoms in total. The van der Waals surface area contributed by atoms with E-state index in [1.165, 1.54) is 15.4 Å². The lowest BCUT2D eigenvalue weighted by molar-refractivity contribution is 1.49. The van der Waals surface area contributed by atoms with Crippen LogP contribution in [0.2, 0.25) is 0 Å². The number of hydrogen-bond donors (Lipinski definition) is 0. The lowest BCUT2D eigenvalue weighted by atomic mass is 10.2. The Bertz CT molecular complexity index is 199. The quantitative estimate of drug-likeness (QED) is 0.512. The number of thioether (sulfide) groups is 1. The van der Waals surface area contributed by atoms with Crippen LogP contribution in [0, 0.1) is 0 Å². The minimum atomic E-state index is 1.33. The molecule has 1 aliphatic rings. The van der Waals surface area contributed by atoms with Crippen LogP contribution in [-0.4, -0.2) is 0 Å². The van der Waals surface area contributed by atoms with Gasteiger partial charge in [0.1, 0.15) is 0 Å². The first kappa shape index (κ1) is 7.67. The summed E-state index contributed by atoms with van der Waals surface area (Å²) in [7, 11) is 0. The maximum absolute atomic E-state index is 2.21. The van der Waals surface area contributed by atoms with Crippen LogP contribution in [0.25, 0.3) is 0 Å². The van der Waals surface area contributed by atoms with Gasteiger partial charge >= 0.3 is 0 Å². The van der Waals surface area contributed by atoms with Crippen molar-refractivity contribution >= 4 is 11.8 Å². The minimum Gasteiger partial charge on any atom is -0.0996 e. The zero-order valence-corrected chi connectivity index (χ0v) is 7.46. The highest BCUT2D eigenvalue weighted by atomic mass is 32.2. The van der Waals surface area contributed by atoms with Crippen molar-refractivity contribution < 1.29 is 0 Å². The van der Waals surface area contributed by atoms with Gasteiger partial charge in [0, 0.05) is 0 Å². The molecule has 0 spiro atoms. The topological polar surface area (TPSA) is 0 Å². The van der Waals surface area contributed by atoms with Crippen molar-refractivity contribution in [2.75, 3.05) is 0 Å². The summed E-state index contributed by atoms with van der Waals surface area (Å²) in [5.74, 6) is 0. The van der Waals surface area contributed by atoms with Crippen molar-refractivity contribution in [2.24, 2.45) is 0 Å². The molecular weight excluding hydrogens is 140 g/mol. The lowest BCUT2D eigenvalue weighted by Crippen LogP contribution is -1.82. The van der Waals surface area contributed by atoms with Gasteiger partial charge in [-0.15, -0.1) is 0 Å². The van der Waals surface area contributed by atoms with Crippen LogP contribution in [0.4, 0.5) is 0 Å². The third-order valence-corrected chi connectivity index (χ3v) is 2.27. The molecule has 0 unspecified atom stereocenters. The van der Waals surface area contributed by atoms with E-state index in [0.717, 1.165) is 0 Å². The molecule has 1 heteroatoms. The van der Waals surface area contributed by atoms with Crippen molar-refractivity contribution in [1.82, 2.24) is 0 Å². The molecular formula is C9H12S. The normalized spacial score (nSPS) is 18.1. The van der Waals surface area contributed by atoms with Crippen LogP contribution in [0.5, 0.6) is 0 Å². The fourth-order valence-corrected chi connectivity index (χ4v) is 1.89. The van der Waals surface area contributed by atoms with Gasteiger partial charge in [0.15, 0.2) is 0 Å². The van der Waals surface area contributed by atoms with E-state index in [0.29, 0.717) is 0 Å². The lowest BCUT2D eigenvalue weighted by Gasteiger charge is -2.08. The van der Waals surface area contributed by atoms with Crippen LogP contribution in [-0.2, 0) is 0 Å². The Labute approximate surface area is 66.7 Å². The summed E-state index contributed by atoms with van der Waals surface area (Å²) in [4.78, 5) is 2.77. The molecule has 0 N–H and O–H groups in total. The van der Waals surface area contributed by atoms with Gasteiger partial charge < -0.3 is 0 Å². The summed E-state index contributed by atoms with van der Waals surface area (Å²) < 4.78 is 0. The fourth-order valence-electron chi connectivity index (χ4n) is 0.991. The highest BCUT2D eigenvalue weighted by molar-refractivity contribution is 8.06. The standard InChI is InChI=1S/C9H12S/c1-4-9-5-7(2)10-8(3)6-9/h4-6H,1-3H3. The van der Waals surface area contributed by atoms with Crippen molar-refractivity contribution in [3.63, 3.8) is 0 Å². The van der Waals surface area contributed by atoms with E-state index in [2.05, 4.69) is 39.0 Å². The minimum absolute atomic E-state index is 1.33. The molecule has 0 saturated heterocycles. The van der Waals surface area contributed by atoms with Gasteiger partial charge in [0.25, 0.3) is 0 Å². The number of allylic oxidation sites excluding steroid dienone is 6. The SMILES string of the molecule is CC=C1C=C(C)SC(C)=C1. The average Bonchev–Trinajstić information content (AvgIpc) is 1.85. The van der Waals surface area contributed by atoms with Crippen LogP contribution >= 0.6 is 11.8 Å². The van der Waals surface area contributed by atoms with Gasteiger partial charge in [-0.05, 0) is 48.3 Å². The molecule has 1 heterocycles. The zero-order valence-electron chi connectivity index (χ0n) is 6.64. The Kier molecular flexibility index (Phi) is 2.39. The largest absolute Gasteiger partial charge is 0.0996 e. The first-order valence-electron chi connectivity index (χ1n) is 3.43. The van der Waals surface area contributed by atoms with Gasteiger partial charge in [0.2, 0.25) is 0 Å². The third kappa shape index (κ3) is 1.77. The first-order chi connectivity index (χ1) is 4.72. The van der Waals surface area contributed by atoms with E-state index in [4.69, 9.17) is 0 Å². The van der Waals surface area contributed by atoms with Gasteiger partial charge in [-0.2, -0.15) is 0 Å². The van der Waals surface area contributed by atoms with Crippen molar-refractivity contribution in [2.45, 2.75) is 20.8 Å². The Balaban J connectivity index is 2.87.